The quantitative estimate of drug-likeness (QED) is 0.542. The van der Waals surface area contributed by atoms with Crippen molar-refractivity contribution in [2.24, 2.45) is 0 Å². The molecule has 0 rings (SSSR count). The van der Waals surface area contributed by atoms with Gasteiger partial charge < -0.3 is 19.2 Å². The average molecular weight is 190 g/mol. The van der Waals surface area contributed by atoms with E-state index < -0.39 is 15.6 Å². The average Bonchev–Trinajstić information content (AvgIpc) is 1.60. The molecule has 0 aromatic rings. The molecule has 0 amide bonds. The topological polar surface area (TPSA) is 119 Å². The van der Waals surface area contributed by atoms with Crippen molar-refractivity contribution in [3.63, 3.8) is 0 Å². The van der Waals surface area contributed by atoms with Gasteiger partial charge in [-0.1, -0.05) is 0 Å². The Morgan fingerprint density at radius 3 is 1.90 bits per heavy atom. The van der Waals surface area contributed by atoms with E-state index in [9.17, 15) is 18.9 Å². The van der Waals surface area contributed by atoms with Crippen LogP contribution < -0.4 is 9.79 Å². The van der Waals surface area contributed by atoms with E-state index in [1.807, 2.05) is 0 Å². The van der Waals surface area contributed by atoms with Crippen LogP contribution in [0.5, 0.6) is 0 Å². The van der Waals surface area contributed by atoms with E-state index in [-0.39, 0.29) is 0 Å². The summed E-state index contributed by atoms with van der Waals surface area (Å²) < 4.78 is 26.4. The van der Waals surface area contributed by atoms with Crippen molar-refractivity contribution in [1.29, 1.82) is 0 Å². The first-order valence-electron chi connectivity index (χ1n) is 1.89. The summed E-state index contributed by atoms with van der Waals surface area (Å²) in [6, 6.07) is 0. The third kappa shape index (κ3) is 5.08. The van der Waals surface area contributed by atoms with Gasteiger partial charge >= 0.3 is 0 Å². The van der Waals surface area contributed by atoms with E-state index in [2.05, 4.69) is 8.83 Å². The van der Waals surface area contributed by atoms with Crippen LogP contribution >= 0.6 is 15.6 Å². The summed E-state index contributed by atoms with van der Waals surface area (Å²) in [4.78, 5) is 27.6. The first-order chi connectivity index (χ1) is 4.27. The molecule has 0 aliphatic rings. The maximum Gasteiger partial charge on any atom is 0.274 e. The van der Waals surface area contributed by atoms with Gasteiger partial charge in [0.25, 0.3) is 15.6 Å². The molecule has 2 atom stereocenters. The van der Waals surface area contributed by atoms with Gasteiger partial charge in [-0.05, 0) is 0 Å². The largest absolute Gasteiger partial charge is 0.756 e. The van der Waals surface area contributed by atoms with E-state index >= 15 is 0 Å². The fourth-order valence-electron chi connectivity index (χ4n) is 0.160. The van der Waals surface area contributed by atoms with E-state index in [0.29, 0.717) is 7.11 Å². The number of hydrogen-bond acceptors (Lipinski definition) is 6. The Labute approximate surface area is 56.4 Å². The Bertz CT molecular complexity index is 190. The first-order valence-corrected chi connectivity index (χ1v) is 4.84. The molecule has 0 aliphatic heterocycles. The van der Waals surface area contributed by atoms with Gasteiger partial charge in [0.05, 0.1) is 0 Å². The van der Waals surface area contributed by atoms with Crippen molar-refractivity contribution in [1.82, 2.24) is 0 Å². The first kappa shape index (κ1) is 10.3. The zero-order chi connectivity index (χ0) is 8.41. The fraction of sp³-hybridized carbons (Fsp3) is 1.00. The van der Waals surface area contributed by atoms with Gasteiger partial charge in [-0.25, -0.2) is 4.31 Å². The van der Waals surface area contributed by atoms with Gasteiger partial charge in [0, 0.05) is 7.11 Å². The van der Waals surface area contributed by atoms with E-state index in [4.69, 9.17) is 4.89 Å². The highest BCUT2D eigenvalue weighted by Gasteiger charge is 2.13. The molecule has 9 heteroatoms. The molecule has 2 unspecified atom stereocenters. The van der Waals surface area contributed by atoms with E-state index in [1.165, 1.54) is 0 Å². The molecular weight excluding hydrogens is 186 g/mol. The van der Waals surface area contributed by atoms with Gasteiger partial charge in [0.2, 0.25) is 0 Å². The van der Waals surface area contributed by atoms with Crippen molar-refractivity contribution in [2.45, 2.75) is 0 Å². The SMILES string of the molecule is COP(=O)([O-])OP(=O)([O-])O. The lowest BCUT2D eigenvalue weighted by Crippen LogP contribution is -2.09. The summed E-state index contributed by atoms with van der Waals surface area (Å²) in [7, 11) is -9.43. The molecule has 10 heavy (non-hydrogen) atoms. The maximum atomic E-state index is 10.1. The Hall–Kier alpha value is 0.260. The number of phosphoric ester groups is 1. The van der Waals surface area contributed by atoms with Crippen LogP contribution in [0, 0.1) is 0 Å². The second-order valence-corrected chi connectivity index (χ2v) is 4.03. The molecule has 0 radical (unpaired) electrons. The molecule has 0 heterocycles. The molecule has 0 aromatic carbocycles. The normalized spacial score (nSPS) is 23.2. The van der Waals surface area contributed by atoms with E-state index in [0.717, 1.165) is 0 Å². The Balaban J connectivity index is 4.17. The molecule has 0 aromatic heterocycles. The lowest BCUT2D eigenvalue weighted by atomic mass is 11.8. The van der Waals surface area contributed by atoms with Gasteiger partial charge in [0.15, 0.2) is 0 Å². The summed E-state index contributed by atoms with van der Waals surface area (Å²) in [5, 5.41) is 0. The lowest BCUT2D eigenvalue weighted by molar-refractivity contribution is -0.239. The Morgan fingerprint density at radius 1 is 1.40 bits per heavy atom. The Morgan fingerprint density at radius 2 is 1.80 bits per heavy atom. The molecular formula is CH4O7P2-2. The predicted octanol–water partition coefficient (Wildman–Crippen LogP) is -1.42. The van der Waals surface area contributed by atoms with Crippen LogP contribution in [-0.2, 0) is 18.0 Å². The van der Waals surface area contributed by atoms with Crippen LogP contribution in [0.3, 0.4) is 0 Å². The van der Waals surface area contributed by atoms with Crippen LogP contribution in [0.25, 0.3) is 0 Å². The van der Waals surface area contributed by atoms with Gasteiger partial charge in [0.1, 0.15) is 0 Å². The number of rotatable bonds is 3. The van der Waals surface area contributed by atoms with Crippen molar-refractivity contribution < 1.29 is 32.6 Å². The predicted molar refractivity (Wildman–Crippen MR) is 25.5 cm³/mol. The van der Waals surface area contributed by atoms with Gasteiger partial charge in [-0.3, -0.25) is 9.13 Å². The molecule has 0 saturated heterocycles. The van der Waals surface area contributed by atoms with Crippen molar-refractivity contribution in [3.8, 4) is 0 Å². The summed E-state index contributed by atoms with van der Waals surface area (Å²) in [6.45, 7) is 0. The zero-order valence-electron chi connectivity index (χ0n) is 4.79. The van der Waals surface area contributed by atoms with Crippen LogP contribution in [-0.4, -0.2) is 12.0 Å². The van der Waals surface area contributed by atoms with Gasteiger partial charge in [-0.15, -0.1) is 0 Å². The van der Waals surface area contributed by atoms with Gasteiger partial charge in [-0.2, -0.15) is 0 Å². The Kier molecular flexibility index (Phi) is 3.19. The maximum absolute atomic E-state index is 10.1. The number of hydrogen-bond donors (Lipinski definition) is 1. The summed E-state index contributed by atoms with van der Waals surface area (Å²) in [5.74, 6) is 0. The third-order valence-electron chi connectivity index (χ3n) is 0.427. The minimum absolute atomic E-state index is 0.698. The van der Waals surface area contributed by atoms with Crippen LogP contribution in [0.1, 0.15) is 0 Å². The molecule has 0 spiro atoms. The standard InChI is InChI=1S/CH6O7P2/c1-7-10(5,6)8-9(2,3)4/h1H3,(H,5,6)(H2,2,3,4)/p-2. The second kappa shape index (κ2) is 3.11. The van der Waals surface area contributed by atoms with Crippen molar-refractivity contribution >= 4 is 15.6 Å². The summed E-state index contributed by atoms with van der Waals surface area (Å²) in [6.07, 6.45) is 0. The molecule has 1 N–H and O–H groups in total. The lowest BCUT2D eigenvalue weighted by Gasteiger charge is -2.25. The minimum atomic E-state index is -5.25. The van der Waals surface area contributed by atoms with Crippen molar-refractivity contribution in [3.05, 3.63) is 0 Å². The van der Waals surface area contributed by atoms with Crippen LogP contribution in [0.2, 0.25) is 0 Å². The monoisotopic (exact) mass is 190 g/mol. The molecule has 0 aliphatic carbocycles. The highest BCUT2D eigenvalue weighted by atomic mass is 31.3. The highest BCUT2D eigenvalue weighted by molar-refractivity contribution is 7.59. The number of phosphoric acid groups is 2. The second-order valence-electron chi connectivity index (χ2n) is 1.18. The molecule has 7 nitrogen and oxygen atoms in total. The smallest absolute Gasteiger partial charge is 0.274 e. The van der Waals surface area contributed by atoms with Crippen molar-refractivity contribution in [2.75, 3.05) is 7.11 Å². The van der Waals surface area contributed by atoms with Crippen LogP contribution in [0.4, 0.5) is 0 Å². The zero-order valence-corrected chi connectivity index (χ0v) is 6.58. The van der Waals surface area contributed by atoms with Crippen LogP contribution in [0.15, 0.2) is 0 Å². The van der Waals surface area contributed by atoms with E-state index in [1.54, 1.807) is 0 Å². The molecule has 0 fully saturated rings. The third-order valence-corrected chi connectivity index (χ3v) is 2.50. The fourth-order valence-corrected chi connectivity index (χ4v) is 1.44. The minimum Gasteiger partial charge on any atom is -0.756 e. The molecule has 0 saturated carbocycles. The molecule has 0 bridgehead atoms. The molecule has 62 valence electrons. The summed E-state index contributed by atoms with van der Waals surface area (Å²) >= 11 is 0. The summed E-state index contributed by atoms with van der Waals surface area (Å²) in [5.41, 5.74) is 0. The highest BCUT2D eigenvalue weighted by Crippen LogP contribution is 2.51.